The number of imidazole rings is 1. The summed E-state index contributed by atoms with van der Waals surface area (Å²) in [6.07, 6.45) is 4.55. The molecule has 1 N–H and O–H groups in total. The largest absolute Gasteiger partial charge is 0.348 e. The molecule has 5 heteroatoms. The van der Waals surface area contributed by atoms with Gasteiger partial charge in [-0.3, -0.25) is 9.20 Å². The second-order valence-corrected chi connectivity index (χ2v) is 4.66. The molecule has 1 amide bonds. The molecular weight excluding hydrogens is 210 g/mol. The molecule has 2 aromatic heterocycles. The van der Waals surface area contributed by atoms with Crippen LogP contribution in [0.2, 0.25) is 0 Å². The number of carbonyl (C=O) groups is 1. The van der Waals surface area contributed by atoms with Crippen LogP contribution in [0.3, 0.4) is 0 Å². The second-order valence-electron chi connectivity index (χ2n) is 3.73. The Hall–Kier alpha value is -1.36. The Morgan fingerprint density at radius 2 is 2.40 bits per heavy atom. The first-order valence-electron chi connectivity index (χ1n) is 4.84. The Morgan fingerprint density at radius 3 is 3.07 bits per heavy atom. The number of aromatic nitrogens is 2. The summed E-state index contributed by atoms with van der Waals surface area (Å²) in [7, 11) is 0. The Morgan fingerprint density at radius 1 is 1.60 bits per heavy atom. The molecule has 0 fully saturated rings. The third-order valence-electron chi connectivity index (χ3n) is 2.38. The maximum absolute atomic E-state index is 10.5. The van der Waals surface area contributed by atoms with Gasteiger partial charge in [0.25, 0.3) is 0 Å². The normalized spacial score (nSPS) is 13.3. The number of hydrogen-bond acceptors (Lipinski definition) is 3. The van der Waals surface area contributed by atoms with Crippen molar-refractivity contribution in [3.05, 3.63) is 23.6 Å². The summed E-state index contributed by atoms with van der Waals surface area (Å²) in [6.45, 7) is 4.13. The summed E-state index contributed by atoms with van der Waals surface area (Å²) in [5.74, 6) is 1.22. The molecular formula is C10H13N3OS. The van der Waals surface area contributed by atoms with Crippen LogP contribution in [0.15, 0.2) is 17.8 Å². The van der Waals surface area contributed by atoms with Gasteiger partial charge in [0.15, 0.2) is 0 Å². The van der Waals surface area contributed by atoms with E-state index in [1.165, 1.54) is 0 Å². The third kappa shape index (κ3) is 1.74. The smallest absolute Gasteiger partial charge is 0.207 e. The van der Waals surface area contributed by atoms with Gasteiger partial charge in [-0.05, 0) is 5.92 Å². The summed E-state index contributed by atoms with van der Waals surface area (Å²) < 4.78 is 2.02. The van der Waals surface area contributed by atoms with E-state index >= 15 is 0 Å². The molecule has 0 saturated heterocycles. The number of nitrogens with one attached hydrogen (secondary N) is 1. The quantitative estimate of drug-likeness (QED) is 0.804. The van der Waals surface area contributed by atoms with E-state index in [-0.39, 0.29) is 6.04 Å². The van der Waals surface area contributed by atoms with Gasteiger partial charge in [0, 0.05) is 11.6 Å². The average molecular weight is 223 g/mol. The molecule has 2 aromatic rings. The molecule has 0 saturated carbocycles. The van der Waals surface area contributed by atoms with Crippen LogP contribution >= 0.6 is 11.3 Å². The van der Waals surface area contributed by atoms with E-state index in [0.29, 0.717) is 5.92 Å². The highest BCUT2D eigenvalue weighted by atomic mass is 32.1. The molecule has 0 bridgehead atoms. The van der Waals surface area contributed by atoms with Crippen LogP contribution in [0, 0.1) is 5.92 Å². The fourth-order valence-electron chi connectivity index (χ4n) is 1.63. The van der Waals surface area contributed by atoms with E-state index in [0.717, 1.165) is 17.1 Å². The highest BCUT2D eigenvalue weighted by molar-refractivity contribution is 7.15. The second kappa shape index (κ2) is 4.02. The van der Waals surface area contributed by atoms with Gasteiger partial charge in [0.05, 0.1) is 12.2 Å². The van der Waals surface area contributed by atoms with E-state index < -0.39 is 0 Å². The van der Waals surface area contributed by atoms with Gasteiger partial charge in [0.2, 0.25) is 6.41 Å². The first-order valence-corrected chi connectivity index (χ1v) is 5.72. The lowest BCUT2D eigenvalue weighted by atomic mass is 10.0. The Labute approximate surface area is 91.9 Å². The van der Waals surface area contributed by atoms with Gasteiger partial charge in [-0.2, -0.15) is 0 Å². The van der Waals surface area contributed by atoms with E-state index in [1.807, 2.05) is 22.2 Å². The number of rotatable bonds is 4. The van der Waals surface area contributed by atoms with Crippen LogP contribution in [-0.4, -0.2) is 15.8 Å². The van der Waals surface area contributed by atoms with Crippen LogP contribution in [0.5, 0.6) is 0 Å². The Balaban J connectivity index is 2.42. The first-order chi connectivity index (χ1) is 7.24. The summed E-state index contributed by atoms with van der Waals surface area (Å²) in [5.41, 5.74) is 0. The number of hydrogen-bond donors (Lipinski definition) is 1. The van der Waals surface area contributed by atoms with Crippen molar-refractivity contribution in [2.75, 3.05) is 0 Å². The highest BCUT2D eigenvalue weighted by Gasteiger charge is 2.19. The maximum atomic E-state index is 10.5. The highest BCUT2D eigenvalue weighted by Crippen LogP contribution is 2.23. The lowest BCUT2D eigenvalue weighted by Gasteiger charge is -2.18. The topological polar surface area (TPSA) is 46.4 Å². The fourth-order valence-corrected chi connectivity index (χ4v) is 2.33. The Kier molecular flexibility index (Phi) is 2.73. The van der Waals surface area contributed by atoms with Gasteiger partial charge >= 0.3 is 0 Å². The molecule has 0 spiro atoms. The van der Waals surface area contributed by atoms with Crippen LogP contribution in [0.25, 0.3) is 4.83 Å². The lowest BCUT2D eigenvalue weighted by Crippen LogP contribution is -2.26. The van der Waals surface area contributed by atoms with Crippen molar-refractivity contribution in [3.8, 4) is 0 Å². The van der Waals surface area contributed by atoms with E-state index in [1.54, 1.807) is 11.3 Å². The minimum atomic E-state index is -0.0281. The zero-order chi connectivity index (χ0) is 10.8. The molecule has 0 aliphatic heterocycles. The lowest BCUT2D eigenvalue weighted by molar-refractivity contribution is -0.110. The van der Waals surface area contributed by atoms with Gasteiger partial charge in [0.1, 0.15) is 10.7 Å². The van der Waals surface area contributed by atoms with E-state index in [4.69, 9.17) is 0 Å². The molecule has 2 heterocycles. The van der Waals surface area contributed by atoms with Gasteiger partial charge in [-0.25, -0.2) is 4.98 Å². The van der Waals surface area contributed by atoms with Gasteiger partial charge in [-0.15, -0.1) is 11.3 Å². The zero-order valence-electron chi connectivity index (χ0n) is 8.68. The molecule has 4 nitrogen and oxygen atoms in total. The minimum absolute atomic E-state index is 0.0281. The molecule has 0 aliphatic rings. The van der Waals surface area contributed by atoms with Crippen molar-refractivity contribution in [2.24, 2.45) is 5.92 Å². The molecule has 0 aromatic carbocycles. The van der Waals surface area contributed by atoms with Crippen molar-refractivity contribution < 1.29 is 4.79 Å². The van der Waals surface area contributed by atoms with Crippen molar-refractivity contribution in [2.45, 2.75) is 19.9 Å². The molecule has 15 heavy (non-hydrogen) atoms. The summed E-state index contributed by atoms with van der Waals surface area (Å²) in [6, 6.07) is -0.0281. The van der Waals surface area contributed by atoms with Crippen LogP contribution in [-0.2, 0) is 4.79 Å². The Bertz CT molecular complexity index is 460. The SMILES string of the molecule is CC(C)[C@@H](NC=O)c1ncc2sccn12. The third-order valence-corrected chi connectivity index (χ3v) is 3.18. The standard InChI is InChI=1S/C10H13N3OS/c1-7(2)9(12-6-14)10-11-5-8-13(10)3-4-15-8/h3-7,9H,1-2H3,(H,12,14)/t9-/m1/s1. The summed E-state index contributed by atoms with van der Waals surface area (Å²) in [4.78, 5) is 16.0. The summed E-state index contributed by atoms with van der Waals surface area (Å²) >= 11 is 1.64. The zero-order valence-corrected chi connectivity index (χ0v) is 9.49. The van der Waals surface area contributed by atoms with E-state index in [2.05, 4.69) is 24.1 Å². The van der Waals surface area contributed by atoms with Crippen molar-refractivity contribution in [1.29, 1.82) is 0 Å². The van der Waals surface area contributed by atoms with E-state index in [9.17, 15) is 4.79 Å². The molecule has 80 valence electrons. The van der Waals surface area contributed by atoms with Gasteiger partial charge in [-0.1, -0.05) is 13.8 Å². The van der Waals surface area contributed by atoms with Crippen molar-refractivity contribution in [3.63, 3.8) is 0 Å². The minimum Gasteiger partial charge on any atom is -0.348 e. The number of fused-ring (bicyclic) bond motifs is 1. The maximum Gasteiger partial charge on any atom is 0.207 e. The molecule has 0 aliphatic carbocycles. The number of amides is 1. The van der Waals surface area contributed by atoms with Crippen molar-refractivity contribution >= 4 is 22.6 Å². The van der Waals surface area contributed by atoms with Crippen molar-refractivity contribution in [1.82, 2.24) is 14.7 Å². The van der Waals surface area contributed by atoms with Crippen LogP contribution < -0.4 is 5.32 Å². The fraction of sp³-hybridized carbons (Fsp3) is 0.400. The number of thiazole rings is 1. The van der Waals surface area contributed by atoms with Gasteiger partial charge < -0.3 is 5.32 Å². The molecule has 0 unspecified atom stereocenters. The van der Waals surface area contributed by atoms with Crippen LogP contribution in [0.4, 0.5) is 0 Å². The first kappa shape index (κ1) is 10.2. The monoisotopic (exact) mass is 223 g/mol. The molecule has 1 atom stereocenters. The predicted octanol–water partition coefficient (Wildman–Crippen LogP) is 1.84. The molecule has 0 radical (unpaired) electrons. The summed E-state index contributed by atoms with van der Waals surface area (Å²) in [5, 5.41) is 4.82. The number of nitrogens with zero attached hydrogens (tertiary/aromatic N) is 2. The van der Waals surface area contributed by atoms with Crippen LogP contribution in [0.1, 0.15) is 25.7 Å². The number of carbonyl (C=O) groups excluding carboxylic acids is 1. The molecule has 2 rings (SSSR count). The average Bonchev–Trinajstić information content (AvgIpc) is 2.75. The predicted molar refractivity (Wildman–Crippen MR) is 59.8 cm³/mol.